The van der Waals surface area contributed by atoms with E-state index < -0.39 is 0 Å². The zero-order chi connectivity index (χ0) is 25.3. The topological polar surface area (TPSA) is 26.0 Å². The summed E-state index contributed by atoms with van der Waals surface area (Å²) in [5, 5.41) is 4.86. The van der Waals surface area contributed by atoms with E-state index in [-0.39, 0.29) is 0 Å². The molecule has 0 spiro atoms. The van der Waals surface area contributed by atoms with Gasteiger partial charge < -0.3 is 5.73 Å². The smallest absolute Gasteiger partial charge is 0.0467 e. The number of anilines is 1. The molecule has 6 aromatic carbocycles. The molecular formula is C36H29N. The molecule has 0 heterocycles. The van der Waals surface area contributed by atoms with Crippen molar-refractivity contribution < 1.29 is 0 Å². The Morgan fingerprint density at radius 3 is 1.59 bits per heavy atom. The first-order valence-electron chi connectivity index (χ1n) is 12.5. The van der Waals surface area contributed by atoms with Crippen LogP contribution in [0, 0.1) is 0 Å². The number of benzene rings is 6. The number of fused-ring (bicyclic) bond motifs is 2. The Balaban J connectivity index is 0.000000152. The predicted molar refractivity (Wildman–Crippen MR) is 163 cm³/mol. The Labute approximate surface area is 218 Å². The maximum absolute atomic E-state index is 6.23. The van der Waals surface area contributed by atoms with E-state index in [1.165, 1.54) is 32.8 Å². The van der Waals surface area contributed by atoms with Gasteiger partial charge in [-0.1, -0.05) is 158 Å². The lowest BCUT2D eigenvalue weighted by Gasteiger charge is -2.05. The van der Waals surface area contributed by atoms with Crippen LogP contribution < -0.4 is 5.73 Å². The van der Waals surface area contributed by atoms with E-state index in [4.69, 9.17) is 5.73 Å². The van der Waals surface area contributed by atoms with Gasteiger partial charge in [-0.15, -0.1) is 0 Å². The molecule has 0 atom stereocenters. The SMILES string of the molecule is C(=Cc1ccc2ccccc2c1)c1ccccc1.Nc1c(C=Cc2ccccc2)ccc2ccccc12. The number of nitrogens with two attached hydrogens (primary N) is 1. The second kappa shape index (κ2) is 11.7. The summed E-state index contributed by atoms with van der Waals surface area (Å²) in [7, 11) is 0. The number of rotatable bonds is 4. The summed E-state index contributed by atoms with van der Waals surface area (Å²) in [6.45, 7) is 0. The van der Waals surface area contributed by atoms with Crippen LogP contribution in [-0.2, 0) is 0 Å². The average molecular weight is 476 g/mol. The van der Waals surface area contributed by atoms with Crippen molar-refractivity contribution in [1.82, 2.24) is 0 Å². The number of hydrogen-bond acceptors (Lipinski definition) is 1. The van der Waals surface area contributed by atoms with Crippen molar-refractivity contribution in [3.05, 3.63) is 162 Å². The van der Waals surface area contributed by atoms with Gasteiger partial charge in [-0.2, -0.15) is 0 Å². The minimum atomic E-state index is 0.838. The molecule has 0 amide bonds. The van der Waals surface area contributed by atoms with Crippen LogP contribution in [-0.4, -0.2) is 0 Å². The second-order valence-electron chi connectivity index (χ2n) is 8.88. The van der Waals surface area contributed by atoms with Gasteiger partial charge in [0.25, 0.3) is 0 Å². The highest BCUT2D eigenvalue weighted by Gasteiger charge is 2.01. The van der Waals surface area contributed by atoms with Crippen molar-refractivity contribution in [3.8, 4) is 0 Å². The number of hydrogen-bond donors (Lipinski definition) is 1. The zero-order valence-electron chi connectivity index (χ0n) is 20.7. The molecule has 0 aliphatic heterocycles. The van der Waals surface area contributed by atoms with Crippen LogP contribution in [0.2, 0.25) is 0 Å². The molecule has 1 heteroatoms. The minimum absolute atomic E-state index is 0.838. The van der Waals surface area contributed by atoms with Crippen molar-refractivity contribution in [2.24, 2.45) is 0 Å². The highest BCUT2D eigenvalue weighted by atomic mass is 14.6. The van der Waals surface area contributed by atoms with Crippen LogP contribution in [0.5, 0.6) is 0 Å². The molecule has 0 aliphatic rings. The highest BCUT2D eigenvalue weighted by Crippen LogP contribution is 2.26. The van der Waals surface area contributed by atoms with E-state index in [1.54, 1.807) is 0 Å². The van der Waals surface area contributed by atoms with Gasteiger partial charge >= 0.3 is 0 Å². The highest BCUT2D eigenvalue weighted by molar-refractivity contribution is 5.97. The molecule has 0 bridgehead atoms. The molecule has 178 valence electrons. The maximum atomic E-state index is 6.23. The van der Waals surface area contributed by atoms with Crippen LogP contribution in [0.4, 0.5) is 5.69 Å². The van der Waals surface area contributed by atoms with Gasteiger partial charge in [0.1, 0.15) is 0 Å². The number of nitrogen functional groups attached to an aromatic ring is 1. The molecule has 0 unspecified atom stereocenters. The lowest BCUT2D eigenvalue weighted by atomic mass is 10.0. The van der Waals surface area contributed by atoms with Gasteiger partial charge in [-0.25, -0.2) is 0 Å². The van der Waals surface area contributed by atoms with Gasteiger partial charge in [0, 0.05) is 11.1 Å². The normalized spacial score (nSPS) is 11.1. The molecule has 0 fully saturated rings. The summed E-state index contributed by atoms with van der Waals surface area (Å²) in [4.78, 5) is 0. The standard InChI is InChI=1S/C18H15N.C18H14/c19-18-16(11-10-14-6-2-1-3-7-14)13-12-15-8-4-5-9-17(15)18;1-2-6-15(7-3-1)10-11-16-12-13-17-8-4-5-9-18(17)14-16/h1-13H,19H2;1-14H. The van der Waals surface area contributed by atoms with E-state index >= 15 is 0 Å². The lowest BCUT2D eigenvalue weighted by Crippen LogP contribution is -1.90. The summed E-state index contributed by atoms with van der Waals surface area (Å²) in [6.07, 6.45) is 8.45. The third-order valence-corrected chi connectivity index (χ3v) is 6.30. The van der Waals surface area contributed by atoms with Gasteiger partial charge in [-0.05, 0) is 44.5 Å². The first-order valence-corrected chi connectivity index (χ1v) is 12.5. The summed E-state index contributed by atoms with van der Waals surface area (Å²) >= 11 is 0. The van der Waals surface area contributed by atoms with Gasteiger partial charge in [0.2, 0.25) is 0 Å². The van der Waals surface area contributed by atoms with Gasteiger partial charge in [0.15, 0.2) is 0 Å². The monoisotopic (exact) mass is 475 g/mol. The fourth-order valence-electron chi connectivity index (χ4n) is 4.28. The van der Waals surface area contributed by atoms with Crippen LogP contribution in [0.1, 0.15) is 22.3 Å². The Morgan fingerprint density at radius 2 is 0.892 bits per heavy atom. The Bertz CT molecular complexity index is 1660. The van der Waals surface area contributed by atoms with Crippen LogP contribution >= 0.6 is 0 Å². The molecule has 0 aliphatic carbocycles. The van der Waals surface area contributed by atoms with Crippen molar-refractivity contribution >= 4 is 51.5 Å². The lowest BCUT2D eigenvalue weighted by molar-refractivity contribution is 1.66. The molecule has 0 saturated carbocycles. The van der Waals surface area contributed by atoms with Crippen molar-refractivity contribution in [2.75, 3.05) is 5.73 Å². The minimum Gasteiger partial charge on any atom is -0.398 e. The Morgan fingerprint density at radius 1 is 0.378 bits per heavy atom. The maximum Gasteiger partial charge on any atom is 0.0467 e. The largest absolute Gasteiger partial charge is 0.398 e. The fourth-order valence-corrected chi connectivity index (χ4v) is 4.28. The van der Waals surface area contributed by atoms with E-state index in [1.807, 2.05) is 36.4 Å². The predicted octanol–water partition coefficient (Wildman–Crippen LogP) is 9.60. The molecule has 2 N–H and O–H groups in total. The first kappa shape index (κ1) is 23.8. The van der Waals surface area contributed by atoms with Crippen LogP contribution in [0.15, 0.2) is 140 Å². The molecule has 6 aromatic rings. The third kappa shape index (κ3) is 6.22. The summed E-state index contributed by atoms with van der Waals surface area (Å²) < 4.78 is 0. The van der Waals surface area contributed by atoms with Gasteiger partial charge in [-0.3, -0.25) is 0 Å². The Kier molecular flexibility index (Phi) is 7.54. The fraction of sp³-hybridized carbons (Fsp3) is 0. The quantitative estimate of drug-likeness (QED) is 0.199. The van der Waals surface area contributed by atoms with E-state index in [0.717, 1.165) is 16.6 Å². The summed E-state index contributed by atoms with van der Waals surface area (Å²) in [5.41, 5.74) is 11.8. The summed E-state index contributed by atoms with van der Waals surface area (Å²) in [6, 6.07) is 47.9. The van der Waals surface area contributed by atoms with E-state index in [0.29, 0.717) is 0 Å². The van der Waals surface area contributed by atoms with E-state index in [9.17, 15) is 0 Å². The molecule has 0 aromatic heterocycles. The molecule has 0 saturated heterocycles. The van der Waals surface area contributed by atoms with Crippen molar-refractivity contribution in [3.63, 3.8) is 0 Å². The first-order chi connectivity index (χ1) is 18.3. The van der Waals surface area contributed by atoms with Gasteiger partial charge in [0.05, 0.1) is 0 Å². The molecule has 1 nitrogen and oxygen atoms in total. The zero-order valence-corrected chi connectivity index (χ0v) is 20.7. The van der Waals surface area contributed by atoms with E-state index in [2.05, 4.69) is 127 Å². The molecule has 0 radical (unpaired) electrons. The van der Waals surface area contributed by atoms with Crippen molar-refractivity contribution in [1.29, 1.82) is 0 Å². The van der Waals surface area contributed by atoms with Crippen LogP contribution in [0.25, 0.3) is 45.8 Å². The van der Waals surface area contributed by atoms with Crippen molar-refractivity contribution in [2.45, 2.75) is 0 Å². The Hall–Kier alpha value is -4.88. The second-order valence-corrected chi connectivity index (χ2v) is 8.88. The summed E-state index contributed by atoms with van der Waals surface area (Å²) in [5.74, 6) is 0. The third-order valence-electron chi connectivity index (χ3n) is 6.30. The average Bonchev–Trinajstić information content (AvgIpc) is 2.97. The molecular weight excluding hydrogens is 446 g/mol. The molecule has 6 rings (SSSR count). The molecule has 37 heavy (non-hydrogen) atoms. The van der Waals surface area contributed by atoms with Crippen LogP contribution in [0.3, 0.4) is 0 Å².